The number of carbonyl (C=O) groups is 1. The van der Waals surface area contributed by atoms with Crippen molar-refractivity contribution in [2.75, 3.05) is 6.61 Å². The summed E-state index contributed by atoms with van der Waals surface area (Å²) in [5, 5.41) is 0. The van der Waals surface area contributed by atoms with Gasteiger partial charge in [0, 0.05) is 11.6 Å². The van der Waals surface area contributed by atoms with Gasteiger partial charge in [-0.15, -0.1) is 0 Å². The van der Waals surface area contributed by atoms with Crippen LogP contribution in [0.1, 0.15) is 25.3 Å². The highest BCUT2D eigenvalue weighted by Crippen LogP contribution is 2.12. The summed E-state index contributed by atoms with van der Waals surface area (Å²) in [6.07, 6.45) is 3.03. The Morgan fingerprint density at radius 3 is 2.62 bits per heavy atom. The van der Waals surface area contributed by atoms with Gasteiger partial charge in [-0.3, -0.25) is 0 Å². The van der Waals surface area contributed by atoms with E-state index in [0.29, 0.717) is 12.5 Å². The molecule has 0 saturated heterocycles. The van der Waals surface area contributed by atoms with Crippen LogP contribution in [0.25, 0.3) is 0 Å². The molecular formula is C13H17ClO2. The minimum absolute atomic E-state index is 0.415. The van der Waals surface area contributed by atoms with E-state index in [1.807, 2.05) is 6.07 Å². The van der Waals surface area contributed by atoms with E-state index >= 15 is 0 Å². The first kappa shape index (κ1) is 13.0. The van der Waals surface area contributed by atoms with Crippen molar-refractivity contribution >= 4 is 17.0 Å². The summed E-state index contributed by atoms with van der Waals surface area (Å²) >= 11 is 5.07. The fourth-order valence-corrected chi connectivity index (χ4v) is 1.62. The lowest BCUT2D eigenvalue weighted by atomic mass is 9.99. The SMILES string of the molecule is CC(CCOC(=O)Cl)CCc1ccccc1. The highest BCUT2D eigenvalue weighted by molar-refractivity contribution is 6.61. The van der Waals surface area contributed by atoms with Gasteiger partial charge in [0.25, 0.3) is 0 Å². The molecule has 0 fully saturated rings. The third-order valence-corrected chi connectivity index (χ3v) is 2.70. The molecule has 88 valence electrons. The number of rotatable bonds is 6. The molecule has 0 saturated carbocycles. The molecular weight excluding hydrogens is 224 g/mol. The molecule has 0 aliphatic carbocycles. The number of hydrogen-bond donors (Lipinski definition) is 0. The number of halogens is 1. The first-order valence-electron chi connectivity index (χ1n) is 5.54. The summed E-state index contributed by atoms with van der Waals surface area (Å²) < 4.78 is 4.69. The first-order chi connectivity index (χ1) is 7.68. The Bertz CT molecular complexity index is 311. The lowest BCUT2D eigenvalue weighted by molar-refractivity contribution is 0.165. The molecule has 16 heavy (non-hydrogen) atoms. The third-order valence-electron chi connectivity index (χ3n) is 2.59. The van der Waals surface area contributed by atoms with Crippen LogP contribution in [0.3, 0.4) is 0 Å². The van der Waals surface area contributed by atoms with Crippen molar-refractivity contribution in [1.82, 2.24) is 0 Å². The molecule has 0 N–H and O–H groups in total. The fourth-order valence-electron chi connectivity index (χ4n) is 1.54. The molecule has 0 radical (unpaired) electrons. The van der Waals surface area contributed by atoms with Crippen LogP contribution in [0.4, 0.5) is 4.79 Å². The van der Waals surface area contributed by atoms with Gasteiger partial charge in [-0.2, -0.15) is 0 Å². The van der Waals surface area contributed by atoms with Crippen molar-refractivity contribution in [2.45, 2.75) is 26.2 Å². The molecule has 0 aromatic heterocycles. The second kappa shape index (κ2) is 7.29. The minimum atomic E-state index is -0.713. The monoisotopic (exact) mass is 240 g/mol. The van der Waals surface area contributed by atoms with Gasteiger partial charge in [0.2, 0.25) is 0 Å². The predicted octanol–water partition coefficient (Wildman–Crippen LogP) is 4.02. The third kappa shape index (κ3) is 5.76. The second-order valence-electron chi connectivity index (χ2n) is 4.00. The molecule has 2 nitrogen and oxygen atoms in total. The van der Waals surface area contributed by atoms with E-state index in [0.717, 1.165) is 19.3 Å². The van der Waals surface area contributed by atoms with E-state index in [2.05, 4.69) is 31.2 Å². The Hall–Kier alpha value is -1.02. The smallest absolute Gasteiger partial charge is 0.403 e. The first-order valence-corrected chi connectivity index (χ1v) is 5.92. The average molecular weight is 241 g/mol. The molecule has 0 aliphatic heterocycles. The maximum atomic E-state index is 10.3. The summed E-state index contributed by atoms with van der Waals surface area (Å²) in [4.78, 5) is 10.3. The van der Waals surface area contributed by atoms with Gasteiger partial charge in [-0.1, -0.05) is 37.3 Å². The van der Waals surface area contributed by atoms with Crippen LogP contribution in [-0.4, -0.2) is 12.0 Å². The van der Waals surface area contributed by atoms with Crippen LogP contribution in [0.2, 0.25) is 0 Å². The van der Waals surface area contributed by atoms with E-state index in [9.17, 15) is 4.79 Å². The number of hydrogen-bond acceptors (Lipinski definition) is 2. The van der Waals surface area contributed by atoms with Crippen molar-refractivity contribution < 1.29 is 9.53 Å². The molecule has 0 heterocycles. The predicted molar refractivity (Wildman–Crippen MR) is 65.7 cm³/mol. The van der Waals surface area contributed by atoms with Gasteiger partial charge >= 0.3 is 5.43 Å². The molecule has 1 aromatic carbocycles. The molecule has 0 bridgehead atoms. The van der Waals surface area contributed by atoms with Crippen LogP contribution >= 0.6 is 11.6 Å². The van der Waals surface area contributed by atoms with Crippen LogP contribution < -0.4 is 0 Å². The van der Waals surface area contributed by atoms with Crippen LogP contribution in [0.5, 0.6) is 0 Å². The van der Waals surface area contributed by atoms with Gasteiger partial charge in [-0.05, 0) is 30.7 Å². The van der Waals surface area contributed by atoms with Crippen molar-refractivity contribution in [3.05, 3.63) is 35.9 Å². The normalized spacial score (nSPS) is 12.1. The topological polar surface area (TPSA) is 26.3 Å². The Kier molecular flexibility index (Phi) is 5.94. The maximum Gasteiger partial charge on any atom is 0.403 e. The summed E-state index contributed by atoms with van der Waals surface area (Å²) in [6, 6.07) is 10.4. The number of aryl methyl sites for hydroxylation is 1. The Morgan fingerprint density at radius 2 is 2.00 bits per heavy atom. The van der Waals surface area contributed by atoms with Gasteiger partial charge < -0.3 is 4.74 Å². The van der Waals surface area contributed by atoms with Crippen LogP contribution in [-0.2, 0) is 11.2 Å². The highest BCUT2D eigenvalue weighted by Gasteiger charge is 2.04. The summed E-state index contributed by atoms with van der Waals surface area (Å²) in [5.41, 5.74) is 0.638. The zero-order valence-electron chi connectivity index (χ0n) is 9.49. The molecule has 1 aromatic rings. The van der Waals surface area contributed by atoms with Crippen molar-refractivity contribution in [3.63, 3.8) is 0 Å². The molecule has 3 heteroatoms. The molecule has 1 unspecified atom stereocenters. The quantitative estimate of drug-likeness (QED) is 0.702. The fraction of sp³-hybridized carbons (Fsp3) is 0.462. The van der Waals surface area contributed by atoms with Crippen LogP contribution in [0, 0.1) is 5.92 Å². The second-order valence-corrected chi connectivity index (χ2v) is 4.31. The number of ether oxygens (including phenoxy) is 1. The standard InChI is InChI=1S/C13H17ClO2/c1-11(9-10-16-13(14)15)7-8-12-5-3-2-4-6-12/h2-6,11H,7-10H2,1H3. The van der Waals surface area contributed by atoms with Gasteiger partial charge in [0.15, 0.2) is 0 Å². The summed E-state index contributed by atoms with van der Waals surface area (Å²) in [6.45, 7) is 2.57. The van der Waals surface area contributed by atoms with E-state index in [1.54, 1.807) is 0 Å². The average Bonchev–Trinajstić information content (AvgIpc) is 2.27. The van der Waals surface area contributed by atoms with Crippen LogP contribution in [0.15, 0.2) is 30.3 Å². The Balaban J connectivity index is 2.15. The molecule has 1 rings (SSSR count). The van der Waals surface area contributed by atoms with Crippen molar-refractivity contribution in [2.24, 2.45) is 5.92 Å². The molecule has 0 amide bonds. The highest BCUT2D eigenvalue weighted by atomic mass is 35.5. The van der Waals surface area contributed by atoms with Crippen molar-refractivity contribution in [1.29, 1.82) is 0 Å². The minimum Gasteiger partial charge on any atom is -0.454 e. The van der Waals surface area contributed by atoms with Gasteiger partial charge in [-0.25, -0.2) is 4.79 Å². The molecule has 0 aliphatic rings. The summed E-state index contributed by atoms with van der Waals surface area (Å²) in [5.74, 6) is 0.538. The largest absolute Gasteiger partial charge is 0.454 e. The number of carbonyl (C=O) groups excluding carboxylic acids is 1. The molecule has 1 atom stereocenters. The maximum absolute atomic E-state index is 10.3. The summed E-state index contributed by atoms with van der Waals surface area (Å²) in [7, 11) is 0. The Morgan fingerprint density at radius 1 is 1.31 bits per heavy atom. The zero-order valence-corrected chi connectivity index (χ0v) is 10.2. The van der Waals surface area contributed by atoms with Gasteiger partial charge in [0.05, 0.1) is 6.61 Å². The zero-order chi connectivity index (χ0) is 11.8. The number of benzene rings is 1. The van der Waals surface area contributed by atoms with Gasteiger partial charge in [0.1, 0.15) is 0 Å². The lowest BCUT2D eigenvalue weighted by Crippen LogP contribution is -2.04. The van der Waals surface area contributed by atoms with E-state index in [1.165, 1.54) is 5.56 Å². The van der Waals surface area contributed by atoms with E-state index < -0.39 is 5.43 Å². The van der Waals surface area contributed by atoms with E-state index in [4.69, 9.17) is 16.3 Å². The lowest BCUT2D eigenvalue weighted by Gasteiger charge is -2.10. The van der Waals surface area contributed by atoms with E-state index in [-0.39, 0.29) is 0 Å². The Labute approximate surface area is 102 Å². The van der Waals surface area contributed by atoms with Crippen molar-refractivity contribution in [3.8, 4) is 0 Å². The molecule has 0 spiro atoms.